The molecule has 2 aromatic rings. The SMILES string of the molecule is CCOC(=O)CN(c1ccc(C(=O)OCC)cc1C)S(=O)(=O)c1ccc(OC)c(C)c1. The normalized spacial score (nSPS) is 11.0. The number of methoxy groups -OCH3 is 1. The maximum Gasteiger partial charge on any atom is 0.338 e. The highest BCUT2D eigenvalue weighted by Gasteiger charge is 2.29. The number of anilines is 1. The van der Waals surface area contributed by atoms with E-state index in [-0.39, 0.29) is 29.4 Å². The van der Waals surface area contributed by atoms with Crippen LogP contribution in [0.4, 0.5) is 5.69 Å². The fourth-order valence-electron chi connectivity index (χ4n) is 3.04. The second-order valence-electron chi connectivity index (χ2n) is 6.67. The molecule has 168 valence electrons. The second-order valence-corrected chi connectivity index (χ2v) is 8.53. The Kier molecular flexibility index (Phi) is 8.04. The highest BCUT2D eigenvalue weighted by atomic mass is 32.2. The summed E-state index contributed by atoms with van der Waals surface area (Å²) >= 11 is 0. The van der Waals surface area contributed by atoms with Crippen molar-refractivity contribution in [2.45, 2.75) is 32.6 Å². The summed E-state index contributed by atoms with van der Waals surface area (Å²) in [5.41, 5.74) is 1.67. The second kappa shape index (κ2) is 10.3. The number of benzene rings is 2. The van der Waals surface area contributed by atoms with Gasteiger partial charge in [0.2, 0.25) is 0 Å². The Bertz CT molecular complexity index is 1060. The lowest BCUT2D eigenvalue weighted by Crippen LogP contribution is -2.37. The third-order valence-corrected chi connectivity index (χ3v) is 6.26. The maximum absolute atomic E-state index is 13.5. The van der Waals surface area contributed by atoms with Crippen LogP contribution in [0.2, 0.25) is 0 Å². The van der Waals surface area contributed by atoms with Gasteiger partial charge in [0, 0.05) is 0 Å². The van der Waals surface area contributed by atoms with Crippen LogP contribution in [0, 0.1) is 13.8 Å². The van der Waals surface area contributed by atoms with Gasteiger partial charge in [-0.25, -0.2) is 13.2 Å². The third-order valence-electron chi connectivity index (χ3n) is 4.51. The van der Waals surface area contributed by atoms with Gasteiger partial charge in [0.25, 0.3) is 10.0 Å². The van der Waals surface area contributed by atoms with Gasteiger partial charge in [0.15, 0.2) is 0 Å². The van der Waals surface area contributed by atoms with E-state index < -0.39 is 28.5 Å². The molecule has 0 saturated heterocycles. The molecule has 9 heteroatoms. The van der Waals surface area contributed by atoms with Crippen LogP contribution in [-0.2, 0) is 24.3 Å². The van der Waals surface area contributed by atoms with Gasteiger partial charge in [-0.05, 0) is 75.2 Å². The molecule has 0 saturated carbocycles. The molecule has 0 spiro atoms. The van der Waals surface area contributed by atoms with Crippen LogP contribution in [0.1, 0.15) is 35.3 Å². The van der Waals surface area contributed by atoms with Gasteiger partial charge in [-0.3, -0.25) is 9.10 Å². The molecule has 0 unspecified atom stereocenters. The van der Waals surface area contributed by atoms with E-state index in [0.29, 0.717) is 16.9 Å². The Morgan fingerprint density at radius 1 is 0.935 bits per heavy atom. The maximum atomic E-state index is 13.5. The summed E-state index contributed by atoms with van der Waals surface area (Å²) in [4.78, 5) is 24.2. The number of carbonyl (C=O) groups is 2. The van der Waals surface area contributed by atoms with Crippen LogP contribution in [0.15, 0.2) is 41.3 Å². The lowest BCUT2D eigenvalue weighted by atomic mass is 10.1. The summed E-state index contributed by atoms with van der Waals surface area (Å²) < 4.78 is 43.1. The first kappa shape index (κ1) is 24.2. The van der Waals surface area contributed by atoms with Crippen LogP contribution in [0.5, 0.6) is 5.75 Å². The third kappa shape index (κ3) is 5.55. The Balaban J connectivity index is 2.56. The number of nitrogens with zero attached hydrogens (tertiary/aromatic N) is 1. The summed E-state index contributed by atoms with van der Waals surface area (Å²) in [6.45, 7) is 6.56. The fraction of sp³-hybridized carbons (Fsp3) is 0.364. The quantitative estimate of drug-likeness (QED) is 0.542. The van der Waals surface area contributed by atoms with Crippen molar-refractivity contribution in [2.75, 3.05) is 31.2 Å². The zero-order chi connectivity index (χ0) is 23.2. The Labute approximate surface area is 182 Å². The van der Waals surface area contributed by atoms with E-state index in [4.69, 9.17) is 14.2 Å². The Hall–Kier alpha value is -3.07. The minimum absolute atomic E-state index is 0.00367. The molecule has 0 fully saturated rings. The standard InChI is InChI=1S/C22H27NO7S/c1-6-29-21(24)14-23(19-10-8-17(12-15(19)3)22(25)30-7-2)31(26,27)18-9-11-20(28-5)16(4)13-18/h8-13H,6-7,14H2,1-5H3. The molecule has 2 rings (SSSR count). The molecule has 2 aromatic carbocycles. The van der Waals surface area contributed by atoms with Crippen molar-refractivity contribution in [3.63, 3.8) is 0 Å². The molecule has 0 aliphatic carbocycles. The van der Waals surface area contributed by atoms with Crippen molar-refractivity contribution in [2.24, 2.45) is 0 Å². The largest absolute Gasteiger partial charge is 0.496 e. The lowest BCUT2D eigenvalue weighted by Gasteiger charge is -2.25. The van der Waals surface area contributed by atoms with Crippen LogP contribution in [-0.4, -0.2) is 47.2 Å². The van der Waals surface area contributed by atoms with Gasteiger partial charge in [-0.1, -0.05) is 0 Å². The number of aryl methyl sites for hydroxylation is 2. The highest BCUT2D eigenvalue weighted by Crippen LogP contribution is 2.30. The van der Waals surface area contributed by atoms with Gasteiger partial charge < -0.3 is 14.2 Å². The molecular weight excluding hydrogens is 422 g/mol. The van der Waals surface area contributed by atoms with Crippen molar-refractivity contribution in [1.82, 2.24) is 0 Å². The first-order chi connectivity index (χ1) is 14.6. The molecule has 8 nitrogen and oxygen atoms in total. The molecule has 0 radical (unpaired) electrons. The van der Waals surface area contributed by atoms with Crippen molar-refractivity contribution in [3.8, 4) is 5.75 Å². The lowest BCUT2D eigenvalue weighted by molar-refractivity contribution is -0.141. The van der Waals surface area contributed by atoms with Gasteiger partial charge in [0.1, 0.15) is 12.3 Å². The summed E-state index contributed by atoms with van der Waals surface area (Å²) in [6, 6.07) is 8.93. The topological polar surface area (TPSA) is 99.2 Å². The predicted octanol–water partition coefficient (Wildman–Crippen LogP) is 3.25. The molecule has 31 heavy (non-hydrogen) atoms. The zero-order valence-corrected chi connectivity index (χ0v) is 19.1. The van der Waals surface area contributed by atoms with Gasteiger partial charge in [0.05, 0.1) is 36.5 Å². The minimum atomic E-state index is -4.12. The van der Waals surface area contributed by atoms with Crippen LogP contribution in [0.3, 0.4) is 0 Å². The smallest absolute Gasteiger partial charge is 0.338 e. The van der Waals surface area contributed by atoms with Crippen molar-refractivity contribution in [1.29, 1.82) is 0 Å². The molecule has 0 bridgehead atoms. The van der Waals surface area contributed by atoms with E-state index >= 15 is 0 Å². The monoisotopic (exact) mass is 449 g/mol. The molecule has 0 aromatic heterocycles. The van der Waals surface area contributed by atoms with E-state index in [1.807, 2.05) is 0 Å². The van der Waals surface area contributed by atoms with Crippen molar-refractivity contribution >= 4 is 27.6 Å². The van der Waals surface area contributed by atoms with Gasteiger partial charge in [-0.2, -0.15) is 0 Å². The van der Waals surface area contributed by atoms with E-state index in [1.54, 1.807) is 33.8 Å². The summed E-state index contributed by atoms with van der Waals surface area (Å²) in [5, 5.41) is 0. The fourth-order valence-corrected chi connectivity index (χ4v) is 4.60. The average Bonchev–Trinajstić information content (AvgIpc) is 2.72. The van der Waals surface area contributed by atoms with Gasteiger partial charge in [-0.15, -0.1) is 0 Å². The predicted molar refractivity (Wildman–Crippen MR) is 116 cm³/mol. The van der Waals surface area contributed by atoms with E-state index in [2.05, 4.69) is 0 Å². The first-order valence-electron chi connectivity index (χ1n) is 9.76. The number of hydrogen-bond donors (Lipinski definition) is 0. The van der Waals surface area contributed by atoms with Crippen LogP contribution < -0.4 is 9.04 Å². The molecule has 0 N–H and O–H groups in total. The molecule has 0 atom stereocenters. The molecule has 0 heterocycles. The summed E-state index contributed by atoms with van der Waals surface area (Å²) in [7, 11) is -2.62. The average molecular weight is 450 g/mol. The molecular formula is C22H27NO7S. The number of hydrogen-bond acceptors (Lipinski definition) is 7. The van der Waals surface area contributed by atoms with Gasteiger partial charge >= 0.3 is 11.9 Å². The number of esters is 2. The van der Waals surface area contributed by atoms with Crippen LogP contribution in [0.25, 0.3) is 0 Å². The summed E-state index contributed by atoms with van der Waals surface area (Å²) in [5.74, 6) is -0.654. The minimum Gasteiger partial charge on any atom is -0.496 e. The number of ether oxygens (including phenoxy) is 3. The van der Waals surface area contributed by atoms with E-state index in [1.165, 1.54) is 37.4 Å². The molecule has 0 aliphatic rings. The Morgan fingerprint density at radius 3 is 2.16 bits per heavy atom. The van der Waals surface area contributed by atoms with E-state index in [9.17, 15) is 18.0 Å². The number of carbonyl (C=O) groups excluding carboxylic acids is 2. The highest BCUT2D eigenvalue weighted by molar-refractivity contribution is 7.92. The number of sulfonamides is 1. The van der Waals surface area contributed by atoms with Crippen molar-refractivity contribution in [3.05, 3.63) is 53.1 Å². The molecule has 0 amide bonds. The van der Waals surface area contributed by atoms with Crippen molar-refractivity contribution < 1.29 is 32.2 Å². The first-order valence-corrected chi connectivity index (χ1v) is 11.2. The molecule has 0 aliphatic heterocycles. The van der Waals surface area contributed by atoms with Crippen LogP contribution >= 0.6 is 0 Å². The van der Waals surface area contributed by atoms with E-state index in [0.717, 1.165) is 4.31 Å². The number of rotatable bonds is 9. The summed E-state index contributed by atoms with van der Waals surface area (Å²) in [6.07, 6.45) is 0. The Morgan fingerprint density at radius 2 is 1.61 bits per heavy atom. The zero-order valence-electron chi connectivity index (χ0n) is 18.3.